The highest BCUT2D eigenvalue weighted by molar-refractivity contribution is 7.13. The van der Waals surface area contributed by atoms with Crippen molar-refractivity contribution in [1.29, 1.82) is 0 Å². The molecule has 1 aliphatic rings. The van der Waals surface area contributed by atoms with Crippen LogP contribution in [0.4, 0.5) is 9.93 Å². The van der Waals surface area contributed by atoms with E-state index in [1.807, 2.05) is 0 Å². The third-order valence-electron chi connectivity index (χ3n) is 2.98. The number of nitrogens with one attached hydrogen (secondary N) is 1. The maximum atomic E-state index is 11.3. The van der Waals surface area contributed by atoms with Gasteiger partial charge in [0.25, 0.3) is 0 Å². The van der Waals surface area contributed by atoms with Gasteiger partial charge in [-0.15, -0.1) is 11.3 Å². The van der Waals surface area contributed by atoms with Crippen LogP contribution >= 0.6 is 11.3 Å². The lowest BCUT2D eigenvalue weighted by molar-refractivity contribution is 0.217. The maximum Gasteiger partial charge on any atom is 0.316 e. The predicted molar refractivity (Wildman–Crippen MR) is 74.4 cm³/mol. The van der Waals surface area contributed by atoms with Gasteiger partial charge in [0.2, 0.25) is 0 Å². The van der Waals surface area contributed by atoms with Crippen molar-refractivity contribution in [3.8, 4) is 0 Å². The lowest BCUT2D eigenvalue weighted by atomic mass is 10.3. The average molecular weight is 268 g/mol. The highest BCUT2D eigenvalue weighted by Crippen LogP contribution is 2.24. The molecule has 1 fully saturated rings. The molecule has 5 nitrogen and oxygen atoms in total. The monoisotopic (exact) mass is 268 g/mol. The number of aromatic nitrogens is 1. The van der Waals surface area contributed by atoms with E-state index in [1.165, 1.54) is 17.7 Å². The molecule has 1 saturated heterocycles. The van der Waals surface area contributed by atoms with Gasteiger partial charge in [-0.1, -0.05) is 0 Å². The number of anilines is 1. The Labute approximate surface area is 112 Å². The summed E-state index contributed by atoms with van der Waals surface area (Å²) in [6, 6.07) is -0.0509. The summed E-state index contributed by atoms with van der Waals surface area (Å²) in [6.07, 6.45) is 3.34. The number of carbonyl (C=O) groups excluding carboxylic acids is 1. The number of amides is 2. The minimum absolute atomic E-state index is 0.0509. The number of urea groups is 1. The molecule has 1 aliphatic heterocycles. The first-order valence-corrected chi connectivity index (χ1v) is 7.19. The van der Waals surface area contributed by atoms with Crippen molar-refractivity contribution < 1.29 is 4.79 Å². The molecule has 100 valence electrons. The highest BCUT2D eigenvalue weighted by Gasteiger charge is 2.15. The molecule has 6 heteroatoms. The van der Waals surface area contributed by atoms with Gasteiger partial charge < -0.3 is 15.1 Å². The van der Waals surface area contributed by atoms with Crippen LogP contribution in [0.5, 0.6) is 0 Å². The highest BCUT2D eigenvalue weighted by atomic mass is 32.1. The lowest BCUT2D eigenvalue weighted by Crippen LogP contribution is -2.35. The van der Waals surface area contributed by atoms with Gasteiger partial charge in [-0.25, -0.2) is 9.78 Å². The van der Waals surface area contributed by atoms with E-state index in [4.69, 9.17) is 0 Å². The normalized spacial score (nSPS) is 14.9. The second-order valence-electron chi connectivity index (χ2n) is 4.69. The average Bonchev–Trinajstić information content (AvgIpc) is 2.98. The summed E-state index contributed by atoms with van der Waals surface area (Å²) >= 11 is 1.70. The van der Waals surface area contributed by atoms with Crippen LogP contribution in [0.3, 0.4) is 0 Å². The van der Waals surface area contributed by atoms with Gasteiger partial charge in [-0.05, 0) is 12.8 Å². The Morgan fingerprint density at radius 1 is 1.50 bits per heavy atom. The number of thiazole rings is 1. The zero-order valence-electron chi connectivity index (χ0n) is 11.0. The fourth-order valence-corrected chi connectivity index (χ4v) is 2.83. The molecule has 0 aliphatic carbocycles. The molecule has 0 radical (unpaired) electrons. The van der Waals surface area contributed by atoms with E-state index < -0.39 is 0 Å². The van der Waals surface area contributed by atoms with Crippen molar-refractivity contribution in [2.24, 2.45) is 0 Å². The van der Waals surface area contributed by atoms with Gasteiger partial charge in [0.15, 0.2) is 5.13 Å². The van der Waals surface area contributed by atoms with E-state index in [0.717, 1.165) is 30.3 Å². The molecule has 2 rings (SSSR count). The van der Waals surface area contributed by atoms with E-state index in [-0.39, 0.29) is 6.03 Å². The SMILES string of the molecule is CN(C)C(=O)NCCc1csc(N2CCCC2)n1. The molecule has 0 spiro atoms. The number of nitrogens with zero attached hydrogens (tertiary/aromatic N) is 3. The Kier molecular flexibility index (Phi) is 4.41. The van der Waals surface area contributed by atoms with Gasteiger partial charge in [0.1, 0.15) is 0 Å². The molecule has 0 aromatic carbocycles. The first-order chi connectivity index (χ1) is 8.66. The summed E-state index contributed by atoms with van der Waals surface area (Å²) in [4.78, 5) is 19.8. The van der Waals surface area contributed by atoms with Crippen LogP contribution in [0.1, 0.15) is 18.5 Å². The summed E-state index contributed by atoms with van der Waals surface area (Å²) in [6.45, 7) is 2.90. The smallest absolute Gasteiger partial charge is 0.316 e. The summed E-state index contributed by atoms with van der Waals surface area (Å²) in [5.41, 5.74) is 1.07. The van der Waals surface area contributed by atoms with Crippen molar-refractivity contribution in [2.45, 2.75) is 19.3 Å². The minimum Gasteiger partial charge on any atom is -0.348 e. The number of carbonyl (C=O) groups is 1. The van der Waals surface area contributed by atoms with E-state index in [2.05, 4.69) is 20.6 Å². The molecule has 1 aromatic heterocycles. The van der Waals surface area contributed by atoms with Gasteiger partial charge in [0, 0.05) is 45.5 Å². The third-order valence-corrected chi connectivity index (χ3v) is 3.93. The molecule has 2 amide bonds. The Morgan fingerprint density at radius 3 is 2.89 bits per heavy atom. The standard InChI is InChI=1S/C12H20N4OS/c1-15(2)11(17)13-6-5-10-9-18-12(14-10)16-7-3-4-8-16/h9H,3-8H2,1-2H3,(H,13,17). The predicted octanol–water partition coefficient (Wildman–Crippen LogP) is 1.56. The van der Waals surface area contributed by atoms with Crippen LogP contribution < -0.4 is 10.2 Å². The topological polar surface area (TPSA) is 48.5 Å². The Balaban J connectivity index is 1.78. The van der Waals surface area contributed by atoms with Crippen molar-refractivity contribution >= 4 is 22.5 Å². The Bertz CT molecular complexity index is 399. The van der Waals surface area contributed by atoms with Gasteiger partial charge >= 0.3 is 6.03 Å². The second-order valence-corrected chi connectivity index (χ2v) is 5.53. The van der Waals surface area contributed by atoms with E-state index in [0.29, 0.717) is 6.54 Å². The van der Waals surface area contributed by atoms with Crippen molar-refractivity contribution in [3.05, 3.63) is 11.1 Å². The van der Waals surface area contributed by atoms with E-state index >= 15 is 0 Å². The zero-order valence-corrected chi connectivity index (χ0v) is 11.8. The minimum atomic E-state index is -0.0509. The molecule has 0 saturated carbocycles. The van der Waals surface area contributed by atoms with Gasteiger partial charge in [-0.3, -0.25) is 0 Å². The molecule has 0 atom stereocenters. The Hall–Kier alpha value is -1.30. The van der Waals surface area contributed by atoms with Crippen LogP contribution in [-0.2, 0) is 6.42 Å². The lowest BCUT2D eigenvalue weighted by Gasteiger charge is -2.12. The largest absolute Gasteiger partial charge is 0.348 e. The molecular weight excluding hydrogens is 248 g/mol. The molecule has 1 N–H and O–H groups in total. The van der Waals surface area contributed by atoms with Gasteiger partial charge in [-0.2, -0.15) is 0 Å². The number of rotatable bonds is 4. The summed E-state index contributed by atoms with van der Waals surface area (Å²) in [5.74, 6) is 0. The molecule has 1 aromatic rings. The summed E-state index contributed by atoms with van der Waals surface area (Å²) in [7, 11) is 3.48. The van der Waals surface area contributed by atoms with Crippen molar-refractivity contribution in [1.82, 2.24) is 15.2 Å². The zero-order chi connectivity index (χ0) is 13.0. The molecule has 0 unspecified atom stereocenters. The quantitative estimate of drug-likeness (QED) is 0.901. The molecular formula is C12H20N4OS. The fraction of sp³-hybridized carbons (Fsp3) is 0.667. The van der Waals surface area contributed by atoms with Crippen LogP contribution in [0, 0.1) is 0 Å². The number of hydrogen-bond donors (Lipinski definition) is 1. The van der Waals surface area contributed by atoms with Crippen LogP contribution in [0.2, 0.25) is 0 Å². The first kappa shape index (κ1) is 13.1. The third kappa shape index (κ3) is 3.35. The first-order valence-electron chi connectivity index (χ1n) is 6.31. The van der Waals surface area contributed by atoms with Gasteiger partial charge in [0.05, 0.1) is 5.69 Å². The molecule has 2 heterocycles. The Morgan fingerprint density at radius 2 is 2.22 bits per heavy atom. The maximum absolute atomic E-state index is 11.3. The fourth-order valence-electron chi connectivity index (χ4n) is 1.92. The second kappa shape index (κ2) is 6.04. The number of hydrogen-bond acceptors (Lipinski definition) is 4. The van der Waals surface area contributed by atoms with E-state index in [1.54, 1.807) is 25.4 Å². The van der Waals surface area contributed by atoms with Crippen LogP contribution in [0.15, 0.2) is 5.38 Å². The van der Waals surface area contributed by atoms with Crippen molar-refractivity contribution in [3.63, 3.8) is 0 Å². The van der Waals surface area contributed by atoms with Crippen molar-refractivity contribution in [2.75, 3.05) is 38.6 Å². The molecule has 18 heavy (non-hydrogen) atoms. The van der Waals surface area contributed by atoms with E-state index in [9.17, 15) is 4.79 Å². The summed E-state index contributed by atoms with van der Waals surface area (Å²) < 4.78 is 0. The summed E-state index contributed by atoms with van der Waals surface area (Å²) in [5, 5.41) is 6.07. The molecule has 0 bridgehead atoms. The van der Waals surface area contributed by atoms with Crippen LogP contribution in [-0.4, -0.2) is 49.6 Å². The van der Waals surface area contributed by atoms with Crippen LogP contribution in [0.25, 0.3) is 0 Å².